The Labute approximate surface area is 193 Å². The molecule has 1 atom stereocenters. The maximum atomic E-state index is 12.6. The molecule has 32 heavy (non-hydrogen) atoms. The number of benzene rings is 1. The van der Waals surface area contributed by atoms with Crippen LogP contribution in [0, 0.1) is 0 Å². The Balaban J connectivity index is 1.21. The van der Waals surface area contributed by atoms with Gasteiger partial charge in [0.15, 0.2) is 6.61 Å². The molecular formula is C24H31N3O4S. The molecule has 172 valence electrons. The monoisotopic (exact) mass is 457 g/mol. The van der Waals surface area contributed by atoms with Crippen LogP contribution in [0.4, 0.5) is 0 Å². The second-order valence-electron chi connectivity index (χ2n) is 8.23. The molecule has 4 rings (SSSR count). The van der Waals surface area contributed by atoms with Crippen LogP contribution in [0.3, 0.4) is 0 Å². The van der Waals surface area contributed by atoms with Crippen LogP contribution in [0.25, 0.3) is 0 Å². The molecule has 2 amide bonds. The van der Waals surface area contributed by atoms with Crippen molar-refractivity contribution >= 4 is 23.2 Å². The van der Waals surface area contributed by atoms with Crippen LogP contribution in [-0.4, -0.2) is 91.6 Å². The van der Waals surface area contributed by atoms with Crippen LogP contribution < -0.4 is 4.74 Å². The average molecular weight is 458 g/mol. The second kappa shape index (κ2) is 11.4. The summed E-state index contributed by atoms with van der Waals surface area (Å²) in [5.74, 6) is 0.909. The van der Waals surface area contributed by atoms with Crippen molar-refractivity contribution in [3.63, 3.8) is 0 Å². The summed E-state index contributed by atoms with van der Waals surface area (Å²) in [6.07, 6.45) is 1.40. The molecule has 1 aromatic heterocycles. The summed E-state index contributed by atoms with van der Waals surface area (Å²) >= 11 is 1.62. The molecule has 1 aromatic carbocycles. The van der Waals surface area contributed by atoms with Gasteiger partial charge in [-0.2, -0.15) is 0 Å². The summed E-state index contributed by atoms with van der Waals surface area (Å²) in [6.45, 7) is 5.87. The highest BCUT2D eigenvalue weighted by Crippen LogP contribution is 2.15. The van der Waals surface area contributed by atoms with Crippen molar-refractivity contribution in [2.45, 2.75) is 18.9 Å². The van der Waals surface area contributed by atoms with E-state index < -0.39 is 0 Å². The Morgan fingerprint density at radius 3 is 2.66 bits per heavy atom. The lowest BCUT2D eigenvalue weighted by Gasteiger charge is -2.35. The zero-order valence-corrected chi connectivity index (χ0v) is 19.2. The van der Waals surface area contributed by atoms with Gasteiger partial charge in [-0.1, -0.05) is 24.3 Å². The number of carbonyl (C=O) groups excluding carboxylic acids is 2. The first-order valence-corrected chi connectivity index (χ1v) is 12.1. The molecule has 3 heterocycles. The van der Waals surface area contributed by atoms with Gasteiger partial charge in [0.25, 0.3) is 5.91 Å². The summed E-state index contributed by atoms with van der Waals surface area (Å²) < 4.78 is 11.6. The first-order chi connectivity index (χ1) is 15.7. The first kappa shape index (κ1) is 22.8. The molecule has 2 aliphatic heterocycles. The molecule has 8 heteroatoms. The van der Waals surface area contributed by atoms with E-state index in [-0.39, 0.29) is 24.5 Å². The topological polar surface area (TPSA) is 62.3 Å². The van der Waals surface area contributed by atoms with E-state index in [0.29, 0.717) is 38.4 Å². The van der Waals surface area contributed by atoms with Crippen LogP contribution in [0.5, 0.6) is 5.75 Å². The molecule has 0 spiro atoms. The smallest absolute Gasteiger partial charge is 0.260 e. The number of para-hydroxylation sites is 1. The predicted molar refractivity (Wildman–Crippen MR) is 124 cm³/mol. The fourth-order valence-electron chi connectivity index (χ4n) is 4.17. The van der Waals surface area contributed by atoms with E-state index in [4.69, 9.17) is 9.47 Å². The summed E-state index contributed by atoms with van der Waals surface area (Å²) in [5.41, 5.74) is 0. The van der Waals surface area contributed by atoms with E-state index in [2.05, 4.69) is 4.90 Å². The largest absolute Gasteiger partial charge is 0.484 e. The van der Waals surface area contributed by atoms with Gasteiger partial charge in [0, 0.05) is 44.1 Å². The van der Waals surface area contributed by atoms with Crippen LogP contribution in [-0.2, 0) is 20.7 Å². The minimum atomic E-state index is 0.0136. The van der Waals surface area contributed by atoms with Crippen molar-refractivity contribution in [1.29, 1.82) is 0 Å². The Bertz CT molecular complexity index is 861. The lowest BCUT2D eigenvalue weighted by atomic mass is 10.2. The highest BCUT2D eigenvalue weighted by molar-refractivity contribution is 7.10. The number of ether oxygens (including phenoxy) is 2. The van der Waals surface area contributed by atoms with Gasteiger partial charge in [0.2, 0.25) is 5.91 Å². The molecule has 7 nitrogen and oxygen atoms in total. The van der Waals surface area contributed by atoms with Crippen molar-refractivity contribution in [1.82, 2.24) is 14.7 Å². The lowest BCUT2D eigenvalue weighted by Crippen LogP contribution is -2.50. The average Bonchev–Trinajstić information content (AvgIpc) is 3.22. The minimum Gasteiger partial charge on any atom is -0.484 e. The van der Waals surface area contributed by atoms with Gasteiger partial charge in [-0.05, 0) is 36.5 Å². The molecule has 0 saturated carbocycles. The molecule has 0 radical (unpaired) electrons. The third-order valence-corrected chi connectivity index (χ3v) is 6.78. The molecule has 2 fully saturated rings. The van der Waals surface area contributed by atoms with Crippen LogP contribution in [0.2, 0.25) is 0 Å². The number of morpholine rings is 1. The van der Waals surface area contributed by atoms with Crippen molar-refractivity contribution in [2.75, 3.05) is 59.0 Å². The van der Waals surface area contributed by atoms with Gasteiger partial charge >= 0.3 is 0 Å². The zero-order chi connectivity index (χ0) is 22.2. The number of hydrogen-bond acceptors (Lipinski definition) is 6. The minimum absolute atomic E-state index is 0.0136. The summed E-state index contributed by atoms with van der Waals surface area (Å²) in [6, 6.07) is 13.4. The van der Waals surface area contributed by atoms with E-state index in [0.717, 1.165) is 37.5 Å². The molecule has 1 unspecified atom stereocenters. The highest BCUT2D eigenvalue weighted by Gasteiger charge is 2.27. The second-order valence-corrected chi connectivity index (χ2v) is 9.26. The zero-order valence-electron chi connectivity index (χ0n) is 18.4. The highest BCUT2D eigenvalue weighted by atomic mass is 32.1. The van der Waals surface area contributed by atoms with Gasteiger partial charge in [-0.3, -0.25) is 14.5 Å². The summed E-state index contributed by atoms with van der Waals surface area (Å²) in [4.78, 5) is 32.5. The summed E-state index contributed by atoms with van der Waals surface area (Å²) in [5, 5.41) is 2.01. The number of thiophene rings is 1. The van der Waals surface area contributed by atoms with Crippen LogP contribution in [0.15, 0.2) is 47.8 Å². The molecule has 2 aromatic rings. The van der Waals surface area contributed by atoms with Gasteiger partial charge in [-0.15, -0.1) is 11.3 Å². The van der Waals surface area contributed by atoms with E-state index >= 15 is 0 Å². The normalized spacial score (nSPS) is 20.1. The Hall–Kier alpha value is -2.42. The van der Waals surface area contributed by atoms with Crippen molar-refractivity contribution < 1.29 is 19.1 Å². The molecule has 2 aliphatic rings. The van der Waals surface area contributed by atoms with Gasteiger partial charge in [0.1, 0.15) is 5.75 Å². The van der Waals surface area contributed by atoms with Crippen LogP contribution in [0.1, 0.15) is 11.3 Å². The Kier molecular flexibility index (Phi) is 8.14. The first-order valence-electron chi connectivity index (χ1n) is 11.3. The van der Waals surface area contributed by atoms with Gasteiger partial charge in [-0.25, -0.2) is 0 Å². The number of rotatable bonds is 7. The Morgan fingerprint density at radius 1 is 0.969 bits per heavy atom. The fourth-order valence-corrected chi connectivity index (χ4v) is 4.87. The molecule has 0 bridgehead atoms. The SMILES string of the molecule is O=C(COc1ccccc1)N1CCCN(CC2CN(C(=O)Cc3cccs3)CCO2)CC1. The van der Waals surface area contributed by atoms with Gasteiger partial charge in [0.05, 0.1) is 19.1 Å². The maximum absolute atomic E-state index is 12.6. The van der Waals surface area contributed by atoms with Gasteiger partial charge < -0.3 is 19.3 Å². The van der Waals surface area contributed by atoms with E-state index in [1.807, 2.05) is 57.6 Å². The third-order valence-electron chi connectivity index (χ3n) is 5.91. The van der Waals surface area contributed by atoms with E-state index in [9.17, 15) is 9.59 Å². The predicted octanol–water partition coefficient (Wildman–Crippen LogP) is 2.13. The van der Waals surface area contributed by atoms with Crippen LogP contribution >= 0.6 is 11.3 Å². The Morgan fingerprint density at radius 2 is 1.84 bits per heavy atom. The van der Waals surface area contributed by atoms with Crippen molar-refractivity contribution in [3.8, 4) is 5.75 Å². The summed E-state index contributed by atoms with van der Waals surface area (Å²) in [7, 11) is 0. The van der Waals surface area contributed by atoms with E-state index in [1.165, 1.54) is 0 Å². The number of nitrogens with zero attached hydrogens (tertiary/aromatic N) is 3. The third kappa shape index (κ3) is 6.54. The molecule has 0 aliphatic carbocycles. The van der Waals surface area contributed by atoms with Crippen molar-refractivity contribution in [2.24, 2.45) is 0 Å². The molecule has 2 saturated heterocycles. The van der Waals surface area contributed by atoms with Crippen molar-refractivity contribution in [3.05, 3.63) is 52.7 Å². The lowest BCUT2D eigenvalue weighted by molar-refractivity contribution is -0.139. The number of carbonyl (C=O) groups is 2. The maximum Gasteiger partial charge on any atom is 0.260 e. The quantitative estimate of drug-likeness (QED) is 0.638. The van der Waals surface area contributed by atoms with E-state index in [1.54, 1.807) is 11.3 Å². The number of hydrogen-bond donors (Lipinski definition) is 0. The molecule has 0 N–H and O–H groups in total. The standard InChI is InChI=1S/C24H31N3O4S/c28-23(16-22-8-4-15-32-22)27-13-14-30-21(18-27)17-25-9-5-10-26(12-11-25)24(29)19-31-20-6-2-1-3-7-20/h1-4,6-8,15,21H,5,9-14,16-19H2. The molecular weight excluding hydrogens is 426 g/mol. The fraction of sp³-hybridized carbons (Fsp3) is 0.500. The number of amides is 2.